The fraction of sp³-hybridized carbons (Fsp3) is 0.463. The van der Waals surface area contributed by atoms with E-state index in [0.29, 0.717) is 47.5 Å². The van der Waals surface area contributed by atoms with Gasteiger partial charge < -0.3 is 19.9 Å². The highest BCUT2D eigenvalue weighted by atomic mass is 19.4. The van der Waals surface area contributed by atoms with Gasteiger partial charge in [0.05, 0.1) is 35.6 Å². The number of rotatable bonds is 9. The molecule has 2 aromatic carbocycles. The van der Waals surface area contributed by atoms with Crippen molar-refractivity contribution >= 4 is 51.0 Å². The van der Waals surface area contributed by atoms with Gasteiger partial charge in [0, 0.05) is 56.8 Å². The number of imidazole rings is 1. The summed E-state index contributed by atoms with van der Waals surface area (Å²) in [5.74, 6) is -1.57. The predicted octanol–water partition coefficient (Wildman–Crippen LogP) is 5.81. The zero-order chi connectivity index (χ0) is 41.7. The summed E-state index contributed by atoms with van der Waals surface area (Å²) in [6.45, 7) is 2.38. The lowest BCUT2D eigenvalue weighted by atomic mass is 9.85. The highest BCUT2D eigenvalue weighted by Gasteiger charge is 2.35. The second kappa shape index (κ2) is 15.8. The van der Waals surface area contributed by atoms with Gasteiger partial charge >= 0.3 is 11.9 Å². The minimum atomic E-state index is -4.68. The first-order valence-electron chi connectivity index (χ1n) is 19.8. The number of ether oxygens (including phenoxy) is 1. The molecule has 2 aliphatic heterocycles. The Bertz CT molecular complexity index is 2500. The minimum absolute atomic E-state index is 0.0738. The van der Waals surface area contributed by atoms with Crippen LogP contribution in [0.2, 0.25) is 0 Å². The molecule has 0 bridgehead atoms. The van der Waals surface area contributed by atoms with Crippen LogP contribution in [0.15, 0.2) is 53.5 Å². The van der Waals surface area contributed by atoms with Crippen LogP contribution in [0, 0.1) is 11.7 Å². The van der Waals surface area contributed by atoms with Gasteiger partial charge in [-0.25, -0.2) is 14.2 Å². The normalized spacial score (nSPS) is 20.7. The number of imide groups is 1. The molecule has 1 unspecified atom stereocenters. The number of hydrogen-bond donors (Lipinski definition) is 2. The number of carbonyl (C=O) groups is 3. The number of aryl methyl sites for hydroxylation is 1. The van der Waals surface area contributed by atoms with Crippen molar-refractivity contribution in [1.29, 1.82) is 0 Å². The Hall–Kier alpha value is -5.78. The first-order chi connectivity index (χ1) is 28.2. The molecule has 59 heavy (non-hydrogen) atoms. The van der Waals surface area contributed by atoms with Crippen molar-refractivity contribution in [2.75, 3.05) is 44.0 Å². The Morgan fingerprint density at radius 1 is 1.00 bits per heavy atom. The SMILES string of the molecule is COc1cc2nn(C3CCC(CN(C)C4CCN(c5ccc(F)c6c5n(C)c(=O)n6C5CCC(=O)NC5=O)CC4)CC3)cc2cc1NC(=O)c1cccc(C(F)(F)F)n1. The Kier molecular flexibility index (Phi) is 10.7. The summed E-state index contributed by atoms with van der Waals surface area (Å²) in [6, 6.07) is 9.18. The standard InChI is InChI=1S/C41H45F4N9O5/c1-50(25-15-17-52(18-16-25)31-12-11-27(42)36-37(31)51(2)40(58)54(36)32-13-14-35(55)48-39(32)57)21-23-7-9-26(10-8-23)53-22-24-19-30(33(59-3)20-29(24)49-53)47-38(56)28-5-4-6-34(46-28)41(43,44)45/h4-6,11-12,19-20,22-23,25-26,32H,7-10,13-18,21H2,1-3H3,(H,47,56)(H,48,55,57). The maximum Gasteiger partial charge on any atom is 0.433 e. The van der Waals surface area contributed by atoms with E-state index in [9.17, 15) is 32.3 Å². The number of fused-ring (bicyclic) bond motifs is 2. The molecule has 5 aromatic rings. The van der Waals surface area contributed by atoms with E-state index in [2.05, 4.69) is 32.5 Å². The van der Waals surface area contributed by atoms with E-state index in [4.69, 9.17) is 9.84 Å². The van der Waals surface area contributed by atoms with Crippen molar-refractivity contribution in [3.8, 4) is 5.75 Å². The summed E-state index contributed by atoms with van der Waals surface area (Å²) < 4.78 is 65.0. The number of alkyl halides is 3. The van der Waals surface area contributed by atoms with Crippen LogP contribution < -0.4 is 26.0 Å². The van der Waals surface area contributed by atoms with Gasteiger partial charge in [0.25, 0.3) is 5.91 Å². The molecule has 2 N–H and O–H groups in total. The van der Waals surface area contributed by atoms with E-state index in [1.54, 1.807) is 25.2 Å². The van der Waals surface area contributed by atoms with E-state index in [1.807, 2.05) is 10.9 Å². The number of nitrogens with one attached hydrogen (secondary N) is 2. The number of piperidine rings is 2. The number of carbonyl (C=O) groups excluding carboxylic acids is 3. The largest absolute Gasteiger partial charge is 0.494 e. The first-order valence-corrected chi connectivity index (χ1v) is 19.8. The quantitative estimate of drug-likeness (QED) is 0.139. The number of benzene rings is 2. The summed E-state index contributed by atoms with van der Waals surface area (Å²) in [5, 5.41) is 10.5. The number of aromatic nitrogens is 5. The van der Waals surface area contributed by atoms with Crippen molar-refractivity contribution in [1.82, 2.24) is 34.1 Å². The molecule has 14 nitrogen and oxygen atoms in total. The Morgan fingerprint density at radius 3 is 2.44 bits per heavy atom. The highest BCUT2D eigenvalue weighted by molar-refractivity contribution is 6.05. The van der Waals surface area contributed by atoms with E-state index in [0.717, 1.165) is 68.3 Å². The van der Waals surface area contributed by atoms with Gasteiger partial charge in [0.15, 0.2) is 0 Å². The third kappa shape index (κ3) is 7.77. The predicted molar refractivity (Wildman–Crippen MR) is 211 cm³/mol. The number of hydrogen-bond acceptors (Lipinski definition) is 9. The third-order valence-corrected chi connectivity index (χ3v) is 12.2. The molecule has 0 radical (unpaired) electrons. The second-order valence-electron chi connectivity index (χ2n) is 15.9. The topological polar surface area (TPSA) is 149 Å². The maximum atomic E-state index is 15.4. The summed E-state index contributed by atoms with van der Waals surface area (Å²) in [6.07, 6.45) is 3.12. The molecule has 1 saturated carbocycles. The molecule has 3 amide bonds. The van der Waals surface area contributed by atoms with Crippen molar-refractivity contribution < 1.29 is 36.7 Å². The second-order valence-corrected chi connectivity index (χ2v) is 15.9. The molecule has 1 aliphatic carbocycles. The Morgan fingerprint density at radius 2 is 1.75 bits per heavy atom. The lowest BCUT2D eigenvalue weighted by molar-refractivity contribution is -0.141. The van der Waals surface area contributed by atoms with Crippen molar-refractivity contribution in [2.45, 2.75) is 75.7 Å². The van der Waals surface area contributed by atoms with Crippen molar-refractivity contribution in [3.63, 3.8) is 0 Å². The molecule has 18 heteroatoms. The van der Waals surface area contributed by atoms with Gasteiger partial charge in [-0.15, -0.1) is 0 Å². The van der Waals surface area contributed by atoms with E-state index in [-0.39, 0.29) is 30.1 Å². The number of methoxy groups -OCH3 is 1. The Balaban J connectivity index is 0.874. The molecular weight excluding hydrogens is 775 g/mol. The minimum Gasteiger partial charge on any atom is -0.494 e. The average Bonchev–Trinajstić information content (AvgIpc) is 3.75. The average molecular weight is 820 g/mol. The third-order valence-electron chi connectivity index (χ3n) is 12.2. The molecule has 3 fully saturated rings. The monoisotopic (exact) mass is 819 g/mol. The molecule has 5 heterocycles. The van der Waals surface area contributed by atoms with Crippen LogP contribution in [0.5, 0.6) is 5.75 Å². The molecule has 1 atom stereocenters. The smallest absolute Gasteiger partial charge is 0.433 e. The summed E-state index contributed by atoms with van der Waals surface area (Å²) in [5.41, 5.74) is 0.189. The van der Waals surface area contributed by atoms with E-state index >= 15 is 4.39 Å². The molecule has 312 valence electrons. The van der Waals surface area contributed by atoms with Crippen LogP contribution in [0.3, 0.4) is 0 Å². The molecule has 2 saturated heterocycles. The van der Waals surface area contributed by atoms with Gasteiger partial charge in [-0.05, 0) is 88.2 Å². The zero-order valence-corrected chi connectivity index (χ0v) is 32.9. The number of halogens is 4. The number of pyridine rings is 1. The van der Waals surface area contributed by atoms with E-state index in [1.165, 1.54) is 28.4 Å². The molecule has 8 rings (SSSR count). The Labute approximate surface area is 336 Å². The zero-order valence-electron chi connectivity index (χ0n) is 32.9. The lowest BCUT2D eigenvalue weighted by Gasteiger charge is -2.40. The molecule has 3 aromatic heterocycles. The van der Waals surface area contributed by atoms with Crippen LogP contribution in [-0.2, 0) is 22.8 Å². The van der Waals surface area contributed by atoms with Gasteiger partial charge in [0.2, 0.25) is 11.8 Å². The molecular formula is C41H45F4N9O5. The summed E-state index contributed by atoms with van der Waals surface area (Å²) in [7, 11) is 5.19. The van der Waals surface area contributed by atoms with Crippen LogP contribution >= 0.6 is 0 Å². The van der Waals surface area contributed by atoms with Gasteiger partial charge in [-0.3, -0.25) is 33.5 Å². The van der Waals surface area contributed by atoms with E-state index < -0.39 is 47.1 Å². The lowest BCUT2D eigenvalue weighted by Crippen LogP contribution is -2.45. The molecule has 3 aliphatic rings. The first kappa shape index (κ1) is 40.0. The van der Waals surface area contributed by atoms with Gasteiger partial charge in [-0.2, -0.15) is 18.3 Å². The number of anilines is 2. The maximum absolute atomic E-state index is 15.4. The van der Waals surface area contributed by atoms with Gasteiger partial charge in [-0.1, -0.05) is 6.07 Å². The van der Waals surface area contributed by atoms with Crippen LogP contribution in [0.1, 0.15) is 79.6 Å². The van der Waals surface area contributed by atoms with Crippen LogP contribution in [0.25, 0.3) is 21.9 Å². The summed E-state index contributed by atoms with van der Waals surface area (Å²) in [4.78, 5) is 58.9. The van der Waals surface area contributed by atoms with Crippen LogP contribution in [0.4, 0.5) is 28.9 Å². The van der Waals surface area contributed by atoms with Gasteiger partial charge in [0.1, 0.15) is 34.5 Å². The highest BCUT2D eigenvalue weighted by Crippen LogP contribution is 2.37. The summed E-state index contributed by atoms with van der Waals surface area (Å²) >= 11 is 0. The van der Waals surface area contributed by atoms with Crippen LogP contribution in [-0.4, -0.2) is 86.4 Å². The van der Waals surface area contributed by atoms with Crippen molar-refractivity contribution in [3.05, 3.63) is 76.4 Å². The fourth-order valence-electron chi connectivity index (χ4n) is 9.06. The number of nitrogens with zero attached hydrogens (tertiary/aromatic N) is 7. The van der Waals surface area contributed by atoms with Crippen molar-refractivity contribution in [2.24, 2.45) is 13.0 Å². The molecule has 0 spiro atoms. The number of amides is 3. The fourth-order valence-corrected chi connectivity index (χ4v) is 9.06.